The number of nitrogens with one attached hydrogen (secondary N) is 3. The molecule has 0 radical (unpaired) electrons. The van der Waals surface area contributed by atoms with Crippen molar-refractivity contribution in [3.8, 4) is 12.3 Å². The summed E-state index contributed by atoms with van der Waals surface area (Å²) in [7, 11) is 0. The lowest BCUT2D eigenvalue weighted by Crippen LogP contribution is -2.46. The van der Waals surface area contributed by atoms with Gasteiger partial charge in [-0.15, -0.1) is 6.42 Å². The minimum atomic E-state index is -1.09. The second-order valence-corrected chi connectivity index (χ2v) is 5.22. The minimum Gasteiger partial charge on any atom is -0.481 e. The normalized spacial score (nSPS) is 12.7. The highest BCUT2D eigenvalue weighted by Gasteiger charge is 2.26. The number of carbonyl (C=O) groups is 3. The SMILES string of the molecule is C#CC(NC(=O)CNC(=O)c1cccc(N=CNN)c1)[C@@H](CC)C(=O)O. The van der Waals surface area contributed by atoms with Crippen LogP contribution in [0.25, 0.3) is 0 Å². The summed E-state index contributed by atoms with van der Waals surface area (Å²) in [6.07, 6.45) is 6.82. The summed E-state index contributed by atoms with van der Waals surface area (Å²) in [4.78, 5) is 39.1. The maximum atomic E-state index is 12.1. The molecule has 9 heteroatoms. The molecule has 138 valence electrons. The third-order valence-electron chi connectivity index (χ3n) is 3.46. The number of benzene rings is 1. The molecule has 1 aromatic rings. The predicted molar refractivity (Wildman–Crippen MR) is 96.4 cm³/mol. The number of carbonyl (C=O) groups excluding carboxylic acids is 2. The van der Waals surface area contributed by atoms with E-state index in [0.29, 0.717) is 11.3 Å². The Bertz CT molecular complexity index is 726. The van der Waals surface area contributed by atoms with Crippen LogP contribution in [0.4, 0.5) is 5.69 Å². The topological polar surface area (TPSA) is 146 Å². The van der Waals surface area contributed by atoms with Gasteiger partial charge in [-0.05, 0) is 24.6 Å². The molecule has 26 heavy (non-hydrogen) atoms. The largest absolute Gasteiger partial charge is 0.481 e. The average molecular weight is 359 g/mol. The first-order valence-electron chi connectivity index (χ1n) is 7.78. The Hall–Kier alpha value is -3.38. The Kier molecular flexibility index (Phi) is 8.33. The summed E-state index contributed by atoms with van der Waals surface area (Å²) in [6.45, 7) is 1.32. The van der Waals surface area contributed by atoms with Crippen molar-refractivity contribution < 1.29 is 19.5 Å². The van der Waals surface area contributed by atoms with Crippen LogP contribution in [0.1, 0.15) is 23.7 Å². The number of rotatable bonds is 9. The minimum absolute atomic E-state index is 0.266. The Labute approximate surface area is 151 Å². The van der Waals surface area contributed by atoms with Crippen LogP contribution >= 0.6 is 0 Å². The van der Waals surface area contributed by atoms with Crippen LogP contribution in [0.15, 0.2) is 29.3 Å². The number of hydrazine groups is 1. The maximum absolute atomic E-state index is 12.1. The number of carboxylic acids is 1. The maximum Gasteiger partial charge on any atom is 0.309 e. The standard InChI is InChI=1S/C17H21N5O4/c1-3-13(17(25)26)14(4-2)22-15(23)9-19-16(24)11-6-5-7-12(8-11)20-10-21-18/h2,5-8,10,13-14H,3,9,18H2,1H3,(H,19,24)(H,20,21)(H,22,23)(H,25,26)/t13-,14?/m1/s1. The number of aliphatic imine (C=N–C) groups is 1. The van der Waals surface area contributed by atoms with Crippen molar-refractivity contribution in [2.24, 2.45) is 16.8 Å². The number of nitrogens with zero attached hydrogens (tertiary/aromatic N) is 1. The zero-order valence-electron chi connectivity index (χ0n) is 14.2. The number of hydrogen-bond acceptors (Lipinski definition) is 5. The number of nitrogens with two attached hydrogens (primary N) is 1. The number of terminal acetylenes is 1. The molecule has 1 aromatic carbocycles. The Balaban J connectivity index is 2.64. The highest BCUT2D eigenvalue weighted by Crippen LogP contribution is 2.13. The molecule has 9 nitrogen and oxygen atoms in total. The van der Waals surface area contributed by atoms with Crippen molar-refractivity contribution >= 4 is 29.8 Å². The van der Waals surface area contributed by atoms with Gasteiger partial charge in [0.15, 0.2) is 0 Å². The molecule has 0 aromatic heterocycles. The smallest absolute Gasteiger partial charge is 0.309 e. The van der Waals surface area contributed by atoms with Gasteiger partial charge in [-0.3, -0.25) is 14.4 Å². The fourth-order valence-corrected chi connectivity index (χ4v) is 2.14. The number of carboxylic acid groups (broad SMARTS) is 1. The summed E-state index contributed by atoms with van der Waals surface area (Å²) in [5.74, 6) is 4.28. The molecule has 0 saturated heterocycles. The van der Waals surface area contributed by atoms with Gasteiger partial charge < -0.3 is 21.2 Å². The summed E-state index contributed by atoms with van der Waals surface area (Å²) in [5.41, 5.74) is 3.05. The van der Waals surface area contributed by atoms with Crippen molar-refractivity contribution in [1.29, 1.82) is 0 Å². The van der Waals surface area contributed by atoms with E-state index in [0.717, 1.165) is 0 Å². The molecule has 2 atom stereocenters. The molecule has 0 aliphatic carbocycles. The molecule has 0 fully saturated rings. The van der Waals surface area contributed by atoms with Crippen LogP contribution < -0.4 is 21.9 Å². The lowest BCUT2D eigenvalue weighted by molar-refractivity contribution is -0.142. The summed E-state index contributed by atoms with van der Waals surface area (Å²) < 4.78 is 0. The number of aliphatic carboxylic acids is 1. The van der Waals surface area contributed by atoms with Gasteiger partial charge in [-0.25, -0.2) is 10.8 Å². The van der Waals surface area contributed by atoms with Crippen molar-refractivity contribution in [3.63, 3.8) is 0 Å². The van der Waals surface area contributed by atoms with Crippen molar-refractivity contribution in [3.05, 3.63) is 29.8 Å². The van der Waals surface area contributed by atoms with Gasteiger partial charge in [0.05, 0.1) is 18.2 Å². The molecule has 2 amide bonds. The van der Waals surface area contributed by atoms with E-state index in [2.05, 4.69) is 27.0 Å². The Morgan fingerprint density at radius 3 is 2.73 bits per heavy atom. The van der Waals surface area contributed by atoms with E-state index in [-0.39, 0.29) is 13.0 Å². The Morgan fingerprint density at radius 2 is 2.15 bits per heavy atom. The molecule has 0 saturated carbocycles. The van der Waals surface area contributed by atoms with Crippen LogP contribution in [-0.4, -0.2) is 41.8 Å². The number of amides is 2. The highest BCUT2D eigenvalue weighted by atomic mass is 16.4. The molecular weight excluding hydrogens is 338 g/mol. The molecule has 0 bridgehead atoms. The second kappa shape index (κ2) is 10.5. The Morgan fingerprint density at radius 1 is 1.42 bits per heavy atom. The van der Waals surface area contributed by atoms with Gasteiger partial charge in [0.2, 0.25) is 5.91 Å². The van der Waals surface area contributed by atoms with Gasteiger partial charge in [0, 0.05) is 5.56 Å². The fraction of sp³-hybridized carbons (Fsp3) is 0.294. The first-order chi connectivity index (χ1) is 12.4. The lowest BCUT2D eigenvalue weighted by atomic mass is 9.97. The quantitative estimate of drug-likeness (QED) is 0.135. The van der Waals surface area contributed by atoms with Crippen LogP contribution in [0.2, 0.25) is 0 Å². The molecule has 0 heterocycles. The molecule has 6 N–H and O–H groups in total. The average Bonchev–Trinajstić information content (AvgIpc) is 2.64. The van der Waals surface area contributed by atoms with E-state index in [1.807, 2.05) is 0 Å². The zero-order chi connectivity index (χ0) is 19.5. The van der Waals surface area contributed by atoms with E-state index in [9.17, 15) is 14.4 Å². The van der Waals surface area contributed by atoms with E-state index in [4.69, 9.17) is 17.4 Å². The van der Waals surface area contributed by atoms with E-state index in [1.165, 1.54) is 12.4 Å². The third kappa shape index (κ3) is 6.26. The third-order valence-corrected chi connectivity index (χ3v) is 3.46. The molecular formula is C17H21N5O4. The fourth-order valence-electron chi connectivity index (χ4n) is 2.14. The summed E-state index contributed by atoms with van der Waals surface area (Å²) in [5, 5.41) is 14.0. The van der Waals surface area contributed by atoms with Gasteiger partial charge in [-0.2, -0.15) is 0 Å². The van der Waals surface area contributed by atoms with Gasteiger partial charge >= 0.3 is 5.97 Å². The second-order valence-electron chi connectivity index (χ2n) is 5.22. The van der Waals surface area contributed by atoms with Crippen molar-refractivity contribution in [1.82, 2.24) is 16.1 Å². The molecule has 0 spiro atoms. The van der Waals surface area contributed by atoms with E-state index < -0.39 is 29.7 Å². The number of hydrogen-bond donors (Lipinski definition) is 5. The van der Waals surface area contributed by atoms with E-state index in [1.54, 1.807) is 25.1 Å². The van der Waals surface area contributed by atoms with Gasteiger partial charge in [-0.1, -0.05) is 18.9 Å². The summed E-state index contributed by atoms with van der Waals surface area (Å²) >= 11 is 0. The van der Waals surface area contributed by atoms with Crippen molar-refractivity contribution in [2.75, 3.05) is 6.54 Å². The molecule has 1 rings (SSSR count). The zero-order valence-corrected chi connectivity index (χ0v) is 14.2. The van der Waals surface area contributed by atoms with Gasteiger partial charge in [0.25, 0.3) is 5.91 Å². The highest BCUT2D eigenvalue weighted by molar-refractivity contribution is 5.97. The van der Waals surface area contributed by atoms with E-state index >= 15 is 0 Å². The van der Waals surface area contributed by atoms with Gasteiger partial charge in [0.1, 0.15) is 12.4 Å². The molecule has 0 aliphatic rings. The first kappa shape index (κ1) is 20.7. The monoisotopic (exact) mass is 359 g/mol. The van der Waals surface area contributed by atoms with Crippen LogP contribution in [0, 0.1) is 18.3 Å². The molecule has 1 unspecified atom stereocenters. The van der Waals surface area contributed by atoms with Crippen LogP contribution in [-0.2, 0) is 9.59 Å². The predicted octanol–water partition coefficient (Wildman–Crippen LogP) is -0.232. The summed E-state index contributed by atoms with van der Waals surface area (Å²) in [6, 6.07) is 5.42. The van der Waals surface area contributed by atoms with Crippen molar-refractivity contribution in [2.45, 2.75) is 19.4 Å². The first-order valence-corrected chi connectivity index (χ1v) is 7.78. The molecule has 0 aliphatic heterocycles. The lowest BCUT2D eigenvalue weighted by Gasteiger charge is -2.19. The van der Waals surface area contributed by atoms with Crippen LogP contribution in [0.3, 0.4) is 0 Å². The van der Waals surface area contributed by atoms with Crippen LogP contribution in [0.5, 0.6) is 0 Å².